The van der Waals surface area contributed by atoms with Gasteiger partial charge >= 0.3 is 0 Å². The van der Waals surface area contributed by atoms with Gasteiger partial charge in [0.15, 0.2) is 5.58 Å². The van der Waals surface area contributed by atoms with E-state index in [1.807, 2.05) is 42.0 Å². The molecule has 0 fully saturated rings. The van der Waals surface area contributed by atoms with Crippen LogP contribution in [0, 0.1) is 0 Å². The molecule has 0 saturated carbocycles. The summed E-state index contributed by atoms with van der Waals surface area (Å²) >= 11 is 0. The number of hydrogen-bond donors (Lipinski definition) is 0. The second kappa shape index (κ2) is 7.79. The van der Waals surface area contributed by atoms with E-state index < -0.39 is 0 Å². The van der Waals surface area contributed by atoms with Crippen LogP contribution >= 0.6 is 0 Å². The Morgan fingerprint density at radius 2 is 2.10 bits per heavy atom. The third-order valence-corrected chi connectivity index (χ3v) is 4.82. The van der Waals surface area contributed by atoms with E-state index in [4.69, 9.17) is 9.15 Å². The maximum absolute atomic E-state index is 12.9. The van der Waals surface area contributed by atoms with E-state index in [1.54, 1.807) is 43.5 Å². The fraction of sp³-hybridized carbons (Fsp3) is 0.227. The summed E-state index contributed by atoms with van der Waals surface area (Å²) in [5, 5.41) is 0. The van der Waals surface area contributed by atoms with Gasteiger partial charge in [-0.3, -0.25) is 4.79 Å². The Morgan fingerprint density at radius 3 is 2.90 bits per heavy atom. The lowest BCUT2D eigenvalue weighted by Crippen LogP contribution is -2.27. The highest BCUT2D eigenvalue weighted by Crippen LogP contribution is 2.27. The number of methoxy groups -OCH3 is 1. The van der Waals surface area contributed by atoms with E-state index in [2.05, 4.69) is 9.97 Å². The van der Waals surface area contributed by atoms with E-state index in [1.165, 1.54) is 0 Å². The van der Waals surface area contributed by atoms with Gasteiger partial charge in [-0.2, -0.15) is 0 Å². The third-order valence-electron chi connectivity index (χ3n) is 4.82. The fourth-order valence-electron chi connectivity index (χ4n) is 3.22. The number of aryl methyl sites for hydroxylation is 1. The van der Waals surface area contributed by atoms with Crippen LogP contribution in [0.5, 0.6) is 5.75 Å². The van der Waals surface area contributed by atoms with Crippen LogP contribution in [-0.2, 0) is 13.1 Å². The molecule has 0 spiro atoms. The van der Waals surface area contributed by atoms with E-state index >= 15 is 0 Å². The molecule has 0 aliphatic carbocycles. The van der Waals surface area contributed by atoms with Crippen molar-refractivity contribution in [3.05, 3.63) is 66.2 Å². The number of imidazole rings is 1. The SMILES string of the molecule is CCn1ccnc1CN(C)C(=O)c1ccc2nc(-c3cccc(OC)c3)oc2c1. The molecule has 4 aromatic rings. The van der Waals surface area contributed by atoms with E-state index in [-0.39, 0.29) is 5.91 Å². The first-order valence-corrected chi connectivity index (χ1v) is 9.39. The smallest absolute Gasteiger partial charge is 0.254 e. The molecule has 148 valence electrons. The van der Waals surface area contributed by atoms with Gasteiger partial charge in [-0.15, -0.1) is 0 Å². The van der Waals surface area contributed by atoms with Crippen LogP contribution in [0.2, 0.25) is 0 Å². The third kappa shape index (κ3) is 3.71. The summed E-state index contributed by atoms with van der Waals surface area (Å²) in [6, 6.07) is 12.8. The standard InChI is InChI=1S/C22H22N4O3/c1-4-26-11-10-23-20(26)14-25(2)22(27)16-8-9-18-19(13-16)29-21(24-18)15-6-5-7-17(12-15)28-3/h5-13H,4,14H2,1-3H3. The molecular weight excluding hydrogens is 368 g/mol. The van der Waals surface area contributed by atoms with Gasteiger partial charge in [-0.25, -0.2) is 9.97 Å². The highest BCUT2D eigenvalue weighted by atomic mass is 16.5. The van der Waals surface area contributed by atoms with Crippen molar-refractivity contribution in [2.45, 2.75) is 20.0 Å². The second-order valence-corrected chi connectivity index (χ2v) is 6.72. The lowest BCUT2D eigenvalue weighted by molar-refractivity contribution is 0.0780. The predicted octanol–water partition coefficient (Wildman–Crippen LogP) is 3.99. The maximum Gasteiger partial charge on any atom is 0.254 e. The summed E-state index contributed by atoms with van der Waals surface area (Å²) in [5.41, 5.74) is 2.63. The second-order valence-electron chi connectivity index (χ2n) is 6.72. The van der Waals surface area contributed by atoms with Crippen LogP contribution in [0.25, 0.3) is 22.6 Å². The summed E-state index contributed by atoms with van der Waals surface area (Å²) in [6.45, 7) is 3.29. The predicted molar refractivity (Wildman–Crippen MR) is 110 cm³/mol. The van der Waals surface area contributed by atoms with E-state index in [9.17, 15) is 4.79 Å². The number of amides is 1. The largest absolute Gasteiger partial charge is 0.497 e. The lowest BCUT2D eigenvalue weighted by atomic mass is 10.2. The average molecular weight is 390 g/mol. The molecular formula is C22H22N4O3. The molecule has 4 rings (SSSR count). The summed E-state index contributed by atoms with van der Waals surface area (Å²) < 4.78 is 13.2. The van der Waals surface area contributed by atoms with E-state index in [0.29, 0.717) is 29.1 Å². The summed E-state index contributed by atoms with van der Waals surface area (Å²) in [7, 11) is 3.38. The zero-order valence-electron chi connectivity index (χ0n) is 16.6. The Kier molecular flexibility index (Phi) is 5.03. The van der Waals surface area contributed by atoms with Crippen molar-refractivity contribution in [1.82, 2.24) is 19.4 Å². The quantitative estimate of drug-likeness (QED) is 0.498. The highest BCUT2D eigenvalue weighted by molar-refractivity contribution is 5.97. The van der Waals surface area contributed by atoms with Gasteiger partial charge in [-0.1, -0.05) is 6.07 Å². The Labute approximate surface area is 168 Å². The van der Waals surface area contributed by atoms with Gasteiger partial charge in [0.25, 0.3) is 5.91 Å². The first kappa shape index (κ1) is 18.7. The van der Waals surface area contributed by atoms with Crippen molar-refractivity contribution < 1.29 is 13.9 Å². The molecule has 7 nitrogen and oxygen atoms in total. The molecule has 2 heterocycles. The lowest BCUT2D eigenvalue weighted by Gasteiger charge is -2.17. The van der Waals surface area contributed by atoms with Crippen molar-refractivity contribution in [2.24, 2.45) is 0 Å². The van der Waals surface area contributed by atoms with Crippen molar-refractivity contribution in [3.63, 3.8) is 0 Å². The molecule has 29 heavy (non-hydrogen) atoms. The van der Waals surface area contributed by atoms with Gasteiger partial charge in [0.1, 0.15) is 17.1 Å². The van der Waals surface area contributed by atoms with Gasteiger partial charge in [0, 0.05) is 37.1 Å². The van der Waals surface area contributed by atoms with Crippen LogP contribution in [0.15, 0.2) is 59.3 Å². The Hall–Kier alpha value is -3.61. The number of rotatable bonds is 6. The first-order chi connectivity index (χ1) is 14.1. The van der Waals surface area contributed by atoms with Crippen LogP contribution in [0.4, 0.5) is 0 Å². The number of hydrogen-bond acceptors (Lipinski definition) is 5. The minimum Gasteiger partial charge on any atom is -0.497 e. The number of fused-ring (bicyclic) bond motifs is 1. The van der Waals surface area contributed by atoms with Crippen molar-refractivity contribution in [2.75, 3.05) is 14.2 Å². The zero-order chi connectivity index (χ0) is 20.4. The number of carbonyl (C=O) groups is 1. The molecule has 0 bridgehead atoms. The molecule has 0 unspecified atom stereocenters. The van der Waals surface area contributed by atoms with Crippen LogP contribution in [0.1, 0.15) is 23.1 Å². The van der Waals surface area contributed by atoms with Crippen LogP contribution < -0.4 is 4.74 Å². The molecule has 1 amide bonds. The summed E-state index contributed by atoms with van der Waals surface area (Å²) in [6.07, 6.45) is 3.66. The van der Waals surface area contributed by atoms with Gasteiger partial charge in [-0.05, 0) is 43.3 Å². The monoisotopic (exact) mass is 390 g/mol. The molecule has 0 aliphatic heterocycles. The Morgan fingerprint density at radius 1 is 1.24 bits per heavy atom. The van der Waals surface area contributed by atoms with Gasteiger partial charge < -0.3 is 18.6 Å². The molecule has 2 aromatic heterocycles. The molecule has 2 aromatic carbocycles. The maximum atomic E-state index is 12.9. The first-order valence-electron chi connectivity index (χ1n) is 9.39. The summed E-state index contributed by atoms with van der Waals surface area (Å²) in [4.78, 5) is 23.4. The minimum absolute atomic E-state index is 0.100. The molecule has 0 radical (unpaired) electrons. The van der Waals surface area contributed by atoms with E-state index in [0.717, 1.165) is 23.7 Å². The number of oxazole rings is 1. The van der Waals surface area contributed by atoms with Crippen LogP contribution in [-0.4, -0.2) is 39.5 Å². The molecule has 7 heteroatoms. The van der Waals surface area contributed by atoms with Crippen molar-refractivity contribution >= 4 is 17.0 Å². The number of carbonyl (C=O) groups excluding carboxylic acids is 1. The number of aromatic nitrogens is 3. The number of nitrogens with zero attached hydrogens (tertiary/aromatic N) is 4. The zero-order valence-corrected chi connectivity index (χ0v) is 16.6. The molecule has 0 atom stereocenters. The van der Waals surface area contributed by atoms with Crippen molar-refractivity contribution in [1.29, 1.82) is 0 Å². The summed E-state index contributed by atoms with van der Waals surface area (Å²) in [5.74, 6) is 1.97. The van der Waals surface area contributed by atoms with Crippen molar-refractivity contribution in [3.8, 4) is 17.2 Å². The average Bonchev–Trinajstić information content (AvgIpc) is 3.39. The van der Waals surface area contributed by atoms with Gasteiger partial charge in [0.05, 0.1) is 13.7 Å². The highest BCUT2D eigenvalue weighted by Gasteiger charge is 2.17. The molecule has 0 N–H and O–H groups in total. The van der Waals surface area contributed by atoms with Crippen LogP contribution in [0.3, 0.4) is 0 Å². The minimum atomic E-state index is -0.100. The number of ether oxygens (including phenoxy) is 1. The topological polar surface area (TPSA) is 73.4 Å². The Balaban J connectivity index is 1.59. The molecule has 0 aliphatic rings. The Bertz CT molecular complexity index is 1160. The normalized spacial score (nSPS) is 11.0. The molecule has 0 saturated heterocycles. The number of benzene rings is 2. The van der Waals surface area contributed by atoms with Gasteiger partial charge in [0.2, 0.25) is 5.89 Å². The fourth-order valence-corrected chi connectivity index (χ4v) is 3.22.